The predicted octanol–water partition coefficient (Wildman–Crippen LogP) is 4.94. The molecule has 1 heterocycles. The zero-order valence-electron chi connectivity index (χ0n) is 17.3. The number of primary amides is 1. The van der Waals surface area contributed by atoms with Crippen LogP contribution in [0.5, 0.6) is 0 Å². The Kier molecular flexibility index (Phi) is 6.97. The van der Waals surface area contributed by atoms with E-state index in [0.717, 1.165) is 43.4 Å². The molecule has 154 valence electrons. The number of carbonyl (C=O) groups is 1. The van der Waals surface area contributed by atoms with Crippen molar-refractivity contribution in [2.75, 3.05) is 18.5 Å². The summed E-state index contributed by atoms with van der Waals surface area (Å²) in [5, 5.41) is 9.76. The van der Waals surface area contributed by atoms with Crippen LogP contribution in [0.25, 0.3) is 4.85 Å². The van der Waals surface area contributed by atoms with Gasteiger partial charge < -0.3 is 10.6 Å². The molecule has 1 amide bonds. The topological polar surface area (TPSA) is 87.4 Å². The summed E-state index contributed by atoms with van der Waals surface area (Å²) in [5.74, 6) is 0.298. The number of nitrogens with two attached hydrogens (primary N) is 1. The molecule has 0 radical (unpaired) electrons. The van der Waals surface area contributed by atoms with E-state index in [9.17, 15) is 10.1 Å². The van der Waals surface area contributed by atoms with Crippen LogP contribution in [0.3, 0.4) is 0 Å². The number of thioether (sulfide) groups is 1. The van der Waals surface area contributed by atoms with Gasteiger partial charge in [0.05, 0.1) is 12.1 Å². The van der Waals surface area contributed by atoms with Crippen LogP contribution in [0.1, 0.15) is 60.5 Å². The Hall–Kier alpha value is -3.03. The van der Waals surface area contributed by atoms with E-state index in [2.05, 4.69) is 17.8 Å². The van der Waals surface area contributed by atoms with Crippen molar-refractivity contribution in [3.05, 3.63) is 58.4 Å². The minimum absolute atomic E-state index is 0.202. The molecule has 1 fully saturated rings. The number of hydrogen-bond donors (Lipinski definition) is 1. The third kappa shape index (κ3) is 4.58. The van der Waals surface area contributed by atoms with Crippen LogP contribution in [0.4, 0.5) is 11.5 Å². The molecular weight excluding hydrogens is 394 g/mol. The average Bonchev–Trinajstić information content (AvgIpc) is 3.60. The number of benzene rings is 1. The van der Waals surface area contributed by atoms with Crippen molar-refractivity contribution in [3.63, 3.8) is 0 Å². The number of anilines is 1. The van der Waals surface area contributed by atoms with Crippen LogP contribution in [0, 0.1) is 17.9 Å². The molecule has 2 aromatic rings. The maximum Gasteiger partial charge on any atom is 0.235 e. The van der Waals surface area contributed by atoms with Crippen molar-refractivity contribution in [2.24, 2.45) is 5.73 Å². The number of carbonyl (C=O) groups excluding carboxylic acids is 1. The van der Waals surface area contributed by atoms with Crippen molar-refractivity contribution in [3.8, 4) is 6.07 Å². The zero-order chi connectivity index (χ0) is 21.7. The molecule has 0 saturated heterocycles. The van der Waals surface area contributed by atoms with Crippen LogP contribution in [-0.2, 0) is 4.79 Å². The lowest BCUT2D eigenvalue weighted by atomic mass is 10.0. The zero-order valence-corrected chi connectivity index (χ0v) is 18.1. The van der Waals surface area contributed by atoms with Gasteiger partial charge in [-0.15, -0.1) is 0 Å². The van der Waals surface area contributed by atoms with Gasteiger partial charge in [-0.25, -0.2) is 9.83 Å². The van der Waals surface area contributed by atoms with E-state index in [1.54, 1.807) is 0 Å². The lowest BCUT2D eigenvalue weighted by Gasteiger charge is -2.23. The lowest BCUT2D eigenvalue weighted by Crippen LogP contribution is -2.22. The van der Waals surface area contributed by atoms with Gasteiger partial charge >= 0.3 is 0 Å². The Morgan fingerprint density at radius 1 is 1.43 bits per heavy atom. The molecule has 1 aliphatic rings. The van der Waals surface area contributed by atoms with E-state index in [1.165, 1.54) is 11.8 Å². The molecule has 1 saturated carbocycles. The smallest absolute Gasteiger partial charge is 0.235 e. The Morgan fingerprint density at radius 3 is 2.67 bits per heavy atom. The van der Waals surface area contributed by atoms with Crippen molar-refractivity contribution < 1.29 is 4.79 Å². The molecule has 3 rings (SSSR count). The summed E-state index contributed by atoms with van der Waals surface area (Å²) < 4.78 is 0. The van der Waals surface area contributed by atoms with Gasteiger partial charge in [0.1, 0.15) is 22.2 Å². The molecule has 7 heteroatoms. The maximum absolute atomic E-state index is 12.3. The molecule has 1 aromatic carbocycles. The second-order valence-corrected chi connectivity index (χ2v) is 8.56. The number of pyridine rings is 1. The quantitative estimate of drug-likeness (QED) is 0.460. The molecule has 0 bridgehead atoms. The highest BCUT2D eigenvalue weighted by Crippen LogP contribution is 2.51. The largest absolute Gasteiger partial charge is 0.368 e. The number of nitrogens with zero attached hydrogens (tertiary/aromatic N) is 4. The van der Waals surface area contributed by atoms with Gasteiger partial charge in [0.2, 0.25) is 11.6 Å². The van der Waals surface area contributed by atoms with Crippen molar-refractivity contribution in [1.82, 2.24) is 4.98 Å². The van der Waals surface area contributed by atoms with Gasteiger partial charge in [-0.3, -0.25) is 4.79 Å². The molecule has 0 aliphatic heterocycles. The Balaban J connectivity index is 2.13. The van der Waals surface area contributed by atoms with Crippen molar-refractivity contribution in [1.29, 1.82) is 5.26 Å². The first kappa shape index (κ1) is 21.7. The van der Waals surface area contributed by atoms with E-state index in [1.807, 2.05) is 42.3 Å². The SMILES string of the molecule is [C-]#[N+]c1c(N(C)CCCC)nc(SC(C(N)=O)c2ccccc2)c(C#N)c1C1CC1. The molecule has 0 spiro atoms. The number of aromatic nitrogens is 1. The fourth-order valence-electron chi connectivity index (χ4n) is 3.43. The van der Waals surface area contributed by atoms with E-state index in [-0.39, 0.29) is 5.92 Å². The summed E-state index contributed by atoms with van der Waals surface area (Å²) in [6.07, 6.45) is 3.93. The number of amides is 1. The van der Waals surface area contributed by atoms with E-state index < -0.39 is 11.2 Å². The molecule has 1 aromatic heterocycles. The Morgan fingerprint density at radius 2 is 2.13 bits per heavy atom. The monoisotopic (exact) mass is 419 g/mol. The van der Waals surface area contributed by atoms with E-state index in [4.69, 9.17) is 17.3 Å². The number of nitriles is 1. The highest BCUT2D eigenvalue weighted by atomic mass is 32.2. The summed E-state index contributed by atoms with van der Waals surface area (Å²) in [6.45, 7) is 10.7. The lowest BCUT2D eigenvalue weighted by molar-refractivity contribution is -0.117. The van der Waals surface area contributed by atoms with Crippen LogP contribution in [0.2, 0.25) is 0 Å². The van der Waals surface area contributed by atoms with Crippen LogP contribution in [-0.4, -0.2) is 24.5 Å². The summed E-state index contributed by atoms with van der Waals surface area (Å²) in [4.78, 5) is 22.7. The van der Waals surface area contributed by atoms with Gasteiger partial charge in [-0.05, 0) is 36.3 Å². The first-order chi connectivity index (χ1) is 14.5. The van der Waals surface area contributed by atoms with Crippen LogP contribution < -0.4 is 10.6 Å². The highest BCUT2D eigenvalue weighted by molar-refractivity contribution is 8.00. The van der Waals surface area contributed by atoms with Gasteiger partial charge in [-0.2, -0.15) is 5.26 Å². The first-order valence-electron chi connectivity index (χ1n) is 10.1. The summed E-state index contributed by atoms with van der Waals surface area (Å²) in [7, 11) is 1.92. The summed E-state index contributed by atoms with van der Waals surface area (Å²) in [6, 6.07) is 11.5. The number of rotatable bonds is 9. The van der Waals surface area contributed by atoms with Gasteiger partial charge in [0.25, 0.3) is 0 Å². The normalized spacial score (nSPS) is 13.9. The number of unbranched alkanes of at least 4 members (excludes halogenated alkanes) is 1. The highest BCUT2D eigenvalue weighted by Gasteiger charge is 2.34. The summed E-state index contributed by atoms with van der Waals surface area (Å²) >= 11 is 1.20. The molecule has 1 aliphatic carbocycles. The number of hydrogen-bond acceptors (Lipinski definition) is 5. The Bertz CT molecular complexity index is 1000. The molecule has 6 nitrogen and oxygen atoms in total. The van der Waals surface area contributed by atoms with Crippen LogP contribution in [0.15, 0.2) is 35.4 Å². The van der Waals surface area contributed by atoms with Gasteiger partial charge in [-0.1, -0.05) is 55.4 Å². The molecular formula is C23H25N5OS. The minimum atomic E-state index is -0.662. The summed E-state index contributed by atoms with van der Waals surface area (Å²) in [5.41, 5.74) is 8.12. The minimum Gasteiger partial charge on any atom is -0.368 e. The first-order valence-corrected chi connectivity index (χ1v) is 11.0. The van der Waals surface area contributed by atoms with E-state index >= 15 is 0 Å². The second kappa shape index (κ2) is 9.65. The fraction of sp³-hybridized carbons (Fsp3) is 0.391. The average molecular weight is 420 g/mol. The van der Waals surface area contributed by atoms with Crippen LogP contribution >= 0.6 is 11.8 Å². The fourth-order valence-corrected chi connectivity index (χ4v) is 4.47. The van der Waals surface area contributed by atoms with E-state index in [0.29, 0.717) is 22.1 Å². The molecule has 30 heavy (non-hydrogen) atoms. The third-order valence-corrected chi connectivity index (χ3v) is 6.42. The second-order valence-electron chi connectivity index (χ2n) is 7.46. The van der Waals surface area contributed by atoms with Gasteiger partial charge in [0.15, 0.2) is 0 Å². The Labute approximate surface area is 181 Å². The van der Waals surface area contributed by atoms with Gasteiger partial charge in [0, 0.05) is 13.6 Å². The predicted molar refractivity (Wildman–Crippen MR) is 120 cm³/mol. The molecule has 2 N–H and O–H groups in total. The molecule has 1 unspecified atom stereocenters. The molecule has 1 atom stereocenters. The third-order valence-electron chi connectivity index (χ3n) is 5.17. The van der Waals surface area contributed by atoms with Crippen molar-refractivity contribution in [2.45, 2.75) is 48.8 Å². The maximum atomic E-state index is 12.3. The van der Waals surface area contributed by atoms with Crippen molar-refractivity contribution >= 4 is 29.2 Å². The standard InChI is InChI=1S/C23H25N5OS/c1-4-5-13-28(3)22-19(26-2)18(15-11-12-15)17(14-24)23(27-22)30-20(21(25)29)16-9-7-6-8-10-16/h6-10,15,20H,4-5,11-13H2,1,3H3,(H2,25,29).